The summed E-state index contributed by atoms with van der Waals surface area (Å²) in [5, 5.41) is 22.6. The maximum absolute atomic E-state index is 9.63. The van der Waals surface area contributed by atoms with Crippen LogP contribution >= 0.6 is 11.3 Å². The monoisotopic (exact) mass is 526 g/mol. The molecule has 3 aromatic heterocycles. The fourth-order valence-electron chi connectivity index (χ4n) is 4.04. The highest BCUT2D eigenvalue weighted by Crippen LogP contribution is 2.38. The Morgan fingerprint density at radius 3 is 2.47 bits per heavy atom. The number of pyridine rings is 2. The van der Waals surface area contributed by atoms with E-state index in [2.05, 4.69) is 46.4 Å². The van der Waals surface area contributed by atoms with E-state index < -0.39 is 6.10 Å². The van der Waals surface area contributed by atoms with E-state index in [9.17, 15) is 5.11 Å². The zero-order chi connectivity index (χ0) is 26.5. The molecule has 0 bridgehead atoms. The molecule has 0 spiro atoms. The van der Waals surface area contributed by atoms with E-state index in [0.29, 0.717) is 13.1 Å². The van der Waals surface area contributed by atoms with Gasteiger partial charge in [-0.1, -0.05) is 47.2 Å². The van der Waals surface area contributed by atoms with Gasteiger partial charge in [-0.3, -0.25) is 4.90 Å². The lowest BCUT2D eigenvalue weighted by Gasteiger charge is -2.21. The first-order valence-electron chi connectivity index (χ1n) is 12.4. The molecule has 0 aliphatic heterocycles. The molecule has 0 fully saturated rings. The molecule has 3 heterocycles. The van der Waals surface area contributed by atoms with Crippen LogP contribution in [0.1, 0.15) is 11.1 Å². The Balaban J connectivity index is 1.48. The Morgan fingerprint density at radius 2 is 1.71 bits per heavy atom. The first kappa shape index (κ1) is 25.7. The van der Waals surface area contributed by atoms with Crippen LogP contribution in [-0.2, 0) is 6.54 Å². The van der Waals surface area contributed by atoms with Crippen LogP contribution in [0.2, 0.25) is 0 Å². The summed E-state index contributed by atoms with van der Waals surface area (Å²) in [4.78, 5) is 19.5. The number of nitrogens with one attached hydrogen (secondary N) is 1. The normalized spacial score (nSPS) is 12.0. The highest BCUT2D eigenvalue weighted by molar-refractivity contribution is 7.22. The number of para-hydroxylation sites is 1. The Bertz CT molecular complexity index is 1490. The molecule has 0 aliphatic carbocycles. The van der Waals surface area contributed by atoms with E-state index in [4.69, 9.17) is 15.1 Å². The Morgan fingerprint density at radius 1 is 0.921 bits per heavy atom. The summed E-state index contributed by atoms with van der Waals surface area (Å²) < 4.78 is 0. The van der Waals surface area contributed by atoms with Crippen molar-refractivity contribution in [1.29, 1.82) is 0 Å². The number of hydrogen-bond donors (Lipinski definition) is 3. The molecule has 5 rings (SSSR count). The van der Waals surface area contributed by atoms with E-state index in [1.54, 1.807) is 6.20 Å². The number of aromatic nitrogens is 3. The van der Waals surface area contributed by atoms with Crippen molar-refractivity contribution >= 4 is 49.8 Å². The Hall–Kier alpha value is -3.89. The van der Waals surface area contributed by atoms with Crippen LogP contribution in [0.25, 0.3) is 10.3 Å². The molecule has 0 amide bonds. The molecular formula is C29H30N6O2S. The average Bonchev–Trinajstić information content (AvgIpc) is 3.36. The maximum atomic E-state index is 9.63. The van der Waals surface area contributed by atoms with Crippen molar-refractivity contribution in [3.63, 3.8) is 0 Å². The molecule has 194 valence electrons. The van der Waals surface area contributed by atoms with Crippen LogP contribution in [0.15, 0.2) is 85.1 Å². The molecule has 1 atom stereocenters. The second kappa shape index (κ2) is 11.7. The van der Waals surface area contributed by atoms with Gasteiger partial charge in [-0.05, 0) is 61.0 Å². The number of hydrogen-bond acceptors (Lipinski definition) is 9. The number of aliphatic hydroxyl groups is 2. The summed E-state index contributed by atoms with van der Waals surface area (Å²) >= 11 is 1.52. The van der Waals surface area contributed by atoms with Gasteiger partial charge >= 0.3 is 0 Å². The number of aryl methyl sites for hydroxylation is 1. The molecule has 9 heteroatoms. The summed E-state index contributed by atoms with van der Waals surface area (Å²) in [5.41, 5.74) is 5.05. The smallest absolute Gasteiger partial charge is 0.198 e. The molecule has 5 aromatic rings. The third-order valence-electron chi connectivity index (χ3n) is 6.16. The number of thiazole rings is 1. The largest absolute Gasteiger partial charge is 0.394 e. The number of benzene rings is 2. The minimum absolute atomic E-state index is 0.273. The minimum Gasteiger partial charge on any atom is -0.394 e. The van der Waals surface area contributed by atoms with Gasteiger partial charge in [0.1, 0.15) is 22.0 Å². The Labute approximate surface area is 225 Å². The lowest BCUT2D eigenvalue weighted by molar-refractivity contribution is 0.0942. The summed E-state index contributed by atoms with van der Waals surface area (Å²) in [6, 6.07) is 26.3. The van der Waals surface area contributed by atoms with Gasteiger partial charge in [-0.2, -0.15) is 0 Å². The molecule has 38 heavy (non-hydrogen) atoms. The van der Waals surface area contributed by atoms with Crippen molar-refractivity contribution in [1.82, 2.24) is 20.3 Å². The molecular weight excluding hydrogens is 496 g/mol. The van der Waals surface area contributed by atoms with E-state index in [0.717, 1.165) is 44.1 Å². The molecule has 0 saturated carbocycles. The van der Waals surface area contributed by atoms with Gasteiger partial charge in [0.15, 0.2) is 5.13 Å². The van der Waals surface area contributed by atoms with Crippen LogP contribution in [0.4, 0.5) is 28.1 Å². The van der Waals surface area contributed by atoms with E-state index >= 15 is 0 Å². The van der Waals surface area contributed by atoms with Crippen molar-refractivity contribution in [3.05, 3.63) is 96.2 Å². The van der Waals surface area contributed by atoms with Crippen molar-refractivity contribution in [2.24, 2.45) is 0 Å². The first-order valence-corrected chi connectivity index (χ1v) is 13.2. The topological polar surface area (TPSA) is 97.6 Å². The average molecular weight is 527 g/mol. The van der Waals surface area contributed by atoms with Crippen LogP contribution < -0.4 is 15.1 Å². The standard InChI is InChI=1S/C29H30N6O2S/c1-20-8-10-22(11-9-20)34(2)26-13-12-25-28(33-26)38-29(32-25)35(23-6-4-3-5-7-23)27-16-21(14-15-31-27)17-30-18-24(37)19-36/h3-16,24,30,36-37H,17-19H2,1-2H3. The molecule has 0 aliphatic rings. The Kier molecular flexibility index (Phi) is 7.90. The number of nitrogens with zero attached hydrogens (tertiary/aromatic N) is 5. The van der Waals surface area contributed by atoms with Gasteiger partial charge in [0.25, 0.3) is 0 Å². The van der Waals surface area contributed by atoms with Gasteiger partial charge < -0.3 is 20.4 Å². The fourth-order valence-corrected chi connectivity index (χ4v) is 5.00. The second-order valence-corrected chi connectivity index (χ2v) is 10.0. The van der Waals surface area contributed by atoms with Crippen LogP contribution in [0.3, 0.4) is 0 Å². The lowest BCUT2D eigenvalue weighted by atomic mass is 10.2. The number of fused-ring (bicyclic) bond motifs is 1. The van der Waals surface area contributed by atoms with Gasteiger partial charge in [-0.15, -0.1) is 0 Å². The number of anilines is 5. The van der Waals surface area contributed by atoms with E-state index in [-0.39, 0.29) is 6.61 Å². The van der Waals surface area contributed by atoms with Gasteiger partial charge in [0.2, 0.25) is 0 Å². The highest BCUT2D eigenvalue weighted by atomic mass is 32.1. The lowest BCUT2D eigenvalue weighted by Crippen LogP contribution is -2.29. The van der Waals surface area contributed by atoms with E-state index in [1.807, 2.05) is 66.5 Å². The van der Waals surface area contributed by atoms with E-state index in [1.165, 1.54) is 16.9 Å². The summed E-state index contributed by atoms with van der Waals surface area (Å²) in [7, 11) is 2.01. The van der Waals surface area contributed by atoms with Gasteiger partial charge in [0, 0.05) is 37.7 Å². The zero-order valence-electron chi connectivity index (χ0n) is 21.3. The quantitative estimate of drug-likeness (QED) is 0.232. The fraction of sp³-hybridized carbons (Fsp3) is 0.207. The number of rotatable bonds is 10. The molecule has 0 saturated heterocycles. The van der Waals surface area contributed by atoms with Crippen molar-refractivity contribution in [3.8, 4) is 0 Å². The molecule has 1 unspecified atom stereocenters. The van der Waals surface area contributed by atoms with Gasteiger partial charge in [0.05, 0.1) is 12.7 Å². The number of aliphatic hydroxyl groups excluding tert-OH is 2. The maximum Gasteiger partial charge on any atom is 0.198 e. The molecule has 8 nitrogen and oxygen atoms in total. The third-order valence-corrected chi connectivity index (χ3v) is 7.11. The van der Waals surface area contributed by atoms with Crippen molar-refractivity contribution in [2.75, 3.05) is 30.0 Å². The highest BCUT2D eigenvalue weighted by Gasteiger charge is 2.19. The van der Waals surface area contributed by atoms with Gasteiger partial charge in [-0.25, -0.2) is 15.0 Å². The van der Waals surface area contributed by atoms with Crippen molar-refractivity contribution in [2.45, 2.75) is 19.6 Å². The second-order valence-electron chi connectivity index (χ2n) is 9.05. The summed E-state index contributed by atoms with van der Waals surface area (Å²) in [6.45, 7) is 2.64. The molecule has 3 N–H and O–H groups in total. The predicted octanol–water partition coefficient (Wildman–Crippen LogP) is 5.08. The third kappa shape index (κ3) is 5.81. The molecule has 0 radical (unpaired) electrons. The summed E-state index contributed by atoms with van der Waals surface area (Å²) in [5.74, 6) is 1.58. The minimum atomic E-state index is -0.790. The SMILES string of the molecule is Cc1ccc(N(C)c2ccc3nc(N(c4ccccc4)c4cc(CNCC(O)CO)ccn4)sc3n2)cc1. The summed E-state index contributed by atoms with van der Waals surface area (Å²) in [6.07, 6.45) is 0.979. The van der Waals surface area contributed by atoms with Crippen LogP contribution in [0, 0.1) is 6.92 Å². The molecule has 2 aromatic carbocycles. The van der Waals surface area contributed by atoms with Crippen molar-refractivity contribution < 1.29 is 10.2 Å². The zero-order valence-corrected chi connectivity index (χ0v) is 22.1. The predicted molar refractivity (Wildman–Crippen MR) is 154 cm³/mol. The first-order chi connectivity index (χ1) is 18.5. The van der Waals surface area contributed by atoms with Crippen LogP contribution in [0.5, 0.6) is 0 Å². The van der Waals surface area contributed by atoms with Crippen LogP contribution in [-0.4, -0.2) is 51.5 Å².